The van der Waals surface area contributed by atoms with Crippen LogP contribution < -0.4 is 19.5 Å². The second-order valence-electron chi connectivity index (χ2n) is 7.34. The topological polar surface area (TPSA) is 120 Å². The Balaban J connectivity index is 1.53. The van der Waals surface area contributed by atoms with Crippen LogP contribution in [0.4, 0.5) is 5.00 Å². The minimum Gasteiger partial charge on any atom is -0.483 e. The normalized spacial score (nSPS) is 11.7. The van der Waals surface area contributed by atoms with E-state index in [1.807, 2.05) is 25.1 Å². The van der Waals surface area contributed by atoms with Gasteiger partial charge in [-0.15, -0.1) is 11.3 Å². The summed E-state index contributed by atoms with van der Waals surface area (Å²) in [6.07, 6.45) is 0.418. The van der Waals surface area contributed by atoms with Gasteiger partial charge in [-0.05, 0) is 48.7 Å². The third-order valence-electron chi connectivity index (χ3n) is 5.15. The molecule has 0 atom stereocenters. The first-order valence-electron chi connectivity index (χ1n) is 10.2. The summed E-state index contributed by atoms with van der Waals surface area (Å²) >= 11 is 1.25. The van der Waals surface area contributed by atoms with Crippen molar-refractivity contribution in [1.82, 2.24) is 0 Å². The van der Waals surface area contributed by atoms with Gasteiger partial charge in [0.1, 0.15) is 16.3 Å². The van der Waals surface area contributed by atoms with Gasteiger partial charge >= 0.3 is 11.9 Å². The van der Waals surface area contributed by atoms with E-state index in [4.69, 9.17) is 18.9 Å². The Hall–Kier alpha value is -4.05. The maximum atomic E-state index is 12.6. The molecule has 4 rings (SSSR count). The smallest absolute Gasteiger partial charge is 0.341 e. The summed E-state index contributed by atoms with van der Waals surface area (Å²) in [6, 6.07) is 11.6. The molecular formula is C24H21NO8S. The maximum Gasteiger partial charge on any atom is 0.341 e. The summed E-state index contributed by atoms with van der Waals surface area (Å²) < 4.78 is 21.2. The van der Waals surface area contributed by atoms with Crippen LogP contribution in [0.1, 0.15) is 36.7 Å². The Bertz CT molecular complexity index is 1270. The number of carboxylic acids is 1. The molecule has 0 radical (unpaired) electrons. The lowest BCUT2D eigenvalue weighted by Crippen LogP contribution is -2.21. The highest BCUT2D eigenvalue weighted by molar-refractivity contribution is 7.16. The van der Waals surface area contributed by atoms with E-state index < -0.39 is 24.5 Å². The number of aryl methyl sites for hydroxylation is 1. The van der Waals surface area contributed by atoms with E-state index in [-0.39, 0.29) is 23.7 Å². The Kier molecular flexibility index (Phi) is 6.69. The molecular weight excluding hydrogens is 462 g/mol. The van der Waals surface area contributed by atoms with Gasteiger partial charge in [-0.3, -0.25) is 4.79 Å². The lowest BCUT2D eigenvalue weighted by atomic mass is 10.0. The Morgan fingerprint density at radius 2 is 1.88 bits per heavy atom. The van der Waals surface area contributed by atoms with Crippen molar-refractivity contribution in [1.29, 1.82) is 0 Å². The Labute approximate surface area is 198 Å². The zero-order valence-electron chi connectivity index (χ0n) is 18.4. The number of anilines is 1. The molecule has 1 aliphatic rings. The molecule has 2 heterocycles. The number of carbonyl (C=O) groups excluding carboxylic acids is 2. The number of nitrogens with one attached hydrogen (secondary N) is 1. The third kappa shape index (κ3) is 4.81. The summed E-state index contributed by atoms with van der Waals surface area (Å²) in [6.45, 7) is 1.59. The minimum absolute atomic E-state index is 0.0523. The number of ether oxygens (including phenoxy) is 4. The second kappa shape index (κ2) is 9.84. The first-order valence-corrected chi connectivity index (χ1v) is 11.0. The number of aromatic carboxylic acids is 1. The minimum atomic E-state index is -1.16. The number of rotatable bonds is 8. The van der Waals surface area contributed by atoms with Crippen molar-refractivity contribution >= 4 is 34.2 Å². The Morgan fingerprint density at radius 3 is 2.65 bits per heavy atom. The molecule has 34 heavy (non-hydrogen) atoms. The van der Waals surface area contributed by atoms with Crippen LogP contribution in [0, 0.1) is 6.92 Å². The lowest BCUT2D eigenvalue weighted by Gasteiger charge is -2.10. The quantitative estimate of drug-likeness (QED) is 0.463. The van der Waals surface area contributed by atoms with Crippen molar-refractivity contribution in [2.24, 2.45) is 0 Å². The van der Waals surface area contributed by atoms with Crippen molar-refractivity contribution in [2.45, 2.75) is 13.3 Å². The molecule has 1 aromatic heterocycles. The zero-order valence-corrected chi connectivity index (χ0v) is 19.2. The highest BCUT2D eigenvalue weighted by Crippen LogP contribution is 2.37. The fraction of sp³-hybridized carbons (Fsp3) is 0.208. The molecule has 2 aromatic carbocycles. The monoisotopic (exact) mass is 483 g/mol. The Morgan fingerprint density at radius 1 is 1.12 bits per heavy atom. The van der Waals surface area contributed by atoms with Crippen molar-refractivity contribution in [2.75, 3.05) is 25.8 Å². The highest BCUT2D eigenvalue weighted by atomic mass is 32.1. The average molecular weight is 483 g/mol. The third-order valence-corrected chi connectivity index (χ3v) is 6.21. The predicted octanol–water partition coefficient (Wildman–Crippen LogP) is 3.88. The number of carbonyl (C=O) groups is 3. The number of methoxy groups -OCH3 is 1. The van der Waals surface area contributed by atoms with E-state index in [0.29, 0.717) is 22.9 Å². The number of amides is 1. The molecule has 10 heteroatoms. The van der Waals surface area contributed by atoms with Crippen LogP contribution >= 0.6 is 11.3 Å². The number of esters is 1. The molecule has 0 aliphatic carbocycles. The molecule has 1 aliphatic heterocycles. The molecule has 0 bridgehead atoms. The van der Waals surface area contributed by atoms with Crippen molar-refractivity contribution < 1.29 is 38.4 Å². The molecule has 2 N–H and O–H groups in total. The van der Waals surface area contributed by atoms with E-state index >= 15 is 0 Å². The largest absolute Gasteiger partial charge is 0.483 e. The van der Waals surface area contributed by atoms with Gasteiger partial charge in [0.15, 0.2) is 18.1 Å². The van der Waals surface area contributed by atoms with E-state index in [2.05, 4.69) is 5.32 Å². The summed E-state index contributed by atoms with van der Waals surface area (Å²) in [5.74, 6) is -0.905. The van der Waals surface area contributed by atoms with Crippen molar-refractivity contribution in [3.05, 3.63) is 69.6 Å². The summed E-state index contributed by atoms with van der Waals surface area (Å²) in [4.78, 5) is 37.4. The van der Waals surface area contributed by atoms with Crippen LogP contribution in [0.2, 0.25) is 0 Å². The molecule has 176 valence electrons. The van der Waals surface area contributed by atoms with Gasteiger partial charge in [0, 0.05) is 4.88 Å². The van der Waals surface area contributed by atoms with Gasteiger partial charge in [-0.2, -0.15) is 0 Å². The van der Waals surface area contributed by atoms with Gasteiger partial charge in [-0.1, -0.05) is 18.2 Å². The van der Waals surface area contributed by atoms with E-state index in [9.17, 15) is 19.5 Å². The average Bonchev–Trinajstić information content (AvgIpc) is 3.41. The van der Waals surface area contributed by atoms with Crippen molar-refractivity contribution in [3.8, 4) is 17.2 Å². The fourth-order valence-electron chi connectivity index (χ4n) is 3.53. The predicted molar refractivity (Wildman–Crippen MR) is 123 cm³/mol. The van der Waals surface area contributed by atoms with Crippen LogP contribution in [0.5, 0.6) is 17.2 Å². The van der Waals surface area contributed by atoms with Crippen molar-refractivity contribution in [3.63, 3.8) is 0 Å². The van der Waals surface area contributed by atoms with Crippen LogP contribution in [0.25, 0.3) is 0 Å². The summed E-state index contributed by atoms with van der Waals surface area (Å²) in [5, 5.41) is 12.3. The SMILES string of the molecule is COC(=O)c1c(NC(=O)COc2ccccc2C(=O)O)sc(C)c1Cc1ccc2c(c1)OCO2. The van der Waals surface area contributed by atoms with E-state index in [0.717, 1.165) is 16.0 Å². The van der Waals surface area contributed by atoms with Crippen LogP contribution in [-0.2, 0) is 16.0 Å². The number of fused-ring (bicyclic) bond motifs is 1. The maximum absolute atomic E-state index is 12.6. The number of benzene rings is 2. The van der Waals surface area contributed by atoms with Crippen LogP contribution in [0.3, 0.4) is 0 Å². The standard InChI is InChI=1S/C24H21NO8S/c1-13-16(9-14-7-8-18-19(10-14)33-12-32-18)21(24(29)30-2)22(34-13)25-20(26)11-31-17-6-4-3-5-15(17)23(27)28/h3-8,10H,9,11-12H2,1-2H3,(H,25,26)(H,27,28). The molecule has 9 nitrogen and oxygen atoms in total. The first-order chi connectivity index (χ1) is 16.4. The fourth-order valence-corrected chi connectivity index (χ4v) is 4.60. The van der Waals surface area contributed by atoms with Gasteiger partial charge in [0.05, 0.1) is 12.7 Å². The number of thiophene rings is 1. The number of carboxylic acid groups (broad SMARTS) is 1. The lowest BCUT2D eigenvalue weighted by molar-refractivity contribution is -0.118. The van der Waals surface area contributed by atoms with E-state index in [1.165, 1.54) is 30.6 Å². The molecule has 3 aromatic rings. The molecule has 0 saturated heterocycles. The highest BCUT2D eigenvalue weighted by Gasteiger charge is 2.25. The summed E-state index contributed by atoms with van der Waals surface area (Å²) in [5.41, 5.74) is 1.84. The molecule has 0 saturated carbocycles. The van der Waals surface area contributed by atoms with Gasteiger partial charge in [0.2, 0.25) is 6.79 Å². The number of hydrogen-bond donors (Lipinski definition) is 2. The van der Waals surface area contributed by atoms with Gasteiger partial charge in [-0.25, -0.2) is 9.59 Å². The molecule has 1 amide bonds. The zero-order chi connectivity index (χ0) is 24.2. The number of hydrogen-bond acceptors (Lipinski definition) is 8. The molecule has 0 unspecified atom stereocenters. The van der Waals surface area contributed by atoms with Gasteiger partial charge in [0.25, 0.3) is 5.91 Å². The number of para-hydroxylation sites is 1. The first kappa shape index (κ1) is 23.1. The second-order valence-corrected chi connectivity index (χ2v) is 8.56. The van der Waals surface area contributed by atoms with Crippen LogP contribution in [0.15, 0.2) is 42.5 Å². The van der Waals surface area contributed by atoms with E-state index in [1.54, 1.807) is 12.1 Å². The molecule has 0 fully saturated rings. The van der Waals surface area contributed by atoms with Gasteiger partial charge < -0.3 is 29.4 Å². The van der Waals surface area contributed by atoms with Crippen LogP contribution in [-0.4, -0.2) is 43.5 Å². The summed E-state index contributed by atoms with van der Waals surface area (Å²) in [7, 11) is 1.28. The molecule has 0 spiro atoms.